The lowest BCUT2D eigenvalue weighted by Crippen LogP contribution is -2.39. The van der Waals surface area contributed by atoms with E-state index in [0.29, 0.717) is 11.0 Å². The van der Waals surface area contributed by atoms with Gasteiger partial charge in [0, 0.05) is 11.6 Å². The van der Waals surface area contributed by atoms with Crippen molar-refractivity contribution in [2.45, 2.75) is 26.0 Å². The first-order valence-electron chi connectivity index (χ1n) is 8.65. The van der Waals surface area contributed by atoms with Crippen LogP contribution >= 0.6 is 11.6 Å². The molecule has 26 heavy (non-hydrogen) atoms. The highest BCUT2D eigenvalue weighted by Crippen LogP contribution is 2.19. The number of halogens is 1. The standard InChI is InChI=1S/C20H26ClN3O2/c1-4-22-20(24-14(2)16-6-5-7-17(21)12-16)23-13-19(25)15-8-10-18(26-3)11-9-15/h5-12,14,19,25H,4,13H2,1-3H3,(H2,22,23,24). The minimum Gasteiger partial charge on any atom is -0.497 e. The third kappa shape index (κ3) is 5.93. The van der Waals surface area contributed by atoms with Crippen molar-refractivity contribution < 1.29 is 9.84 Å². The Kier molecular flexibility index (Phi) is 7.75. The van der Waals surface area contributed by atoms with Gasteiger partial charge in [0.15, 0.2) is 5.96 Å². The lowest BCUT2D eigenvalue weighted by Gasteiger charge is -2.19. The predicted octanol–water partition coefficient (Wildman–Crippen LogP) is 3.70. The quantitative estimate of drug-likeness (QED) is 0.510. The molecule has 2 aromatic carbocycles. The van der Waals surface area contributed by atoms with Gasteiger partial charge >= 0.3 is 0 Å². The molecule has 0 aliphatic heterocycles. The van der Waals surface area contributed by atoms with Gasteiger partial charge < -0.3 is 20.5 Å². The number of nitrogens with zero attached hydrogens (tertiary/aromatic N) is 1. The number of hydrogen-bond acceptors (Lipinski definition) is 3. The molecule has 2 rings (SSSR count). The molecule has 0 aliphatic carbocycles. The summed E-state index contributed by atoms with van der Waals surface area (Å²) in [5.74, 6) is 1.40. The molecule has 5 nitrogen and oxygen atoms in total. The fourth-order valence-electron chi connectivity index (χ4n) is 2.49. The van der Waals surface area contributed by atoms with Crippen LogP contribution in [0, 0.1) is 0 Å². The first-order valence-corrected chi connectivity index (χ1v) is 9.03. The SMILES string of the molecule is CCNC(=NCC(O)c1ccc(OC)cc1)NC(C)c1cccc(Cl)c1. The Labute approximate surface area is 160 Å². The van der Waals surface area contributed by atoms with Gasteiger partial charge in [0.25, 0.3) is 0 Å². The van der Waals surface area contributed by atoms with Crippen molar-refractivity contribution in [1.82, 2.24) is 10.6 Å². The summed E-state index contributed by atoms with van der Waals surface area (Å²) in [6, 6.07) is 15.1. The summed E-state index contributed by atoms with van der Waals surface area (Å²) in [6.45, 7) is 5.02. The third-order valence-corrected chi connectivity index (χ3v) is 4.20. The summed E-state index contributed by atoms with van der Waals surface area (Å²) in [7, 11) is 1.62. The zero-order valence-electron chi connectivity index (χ0n) is 15.4. The van der Waals surface area contributed by atoms with Crippen LogP contribution in [0.1, 0.15) is 37.1 Å². The Morgan fingerprint density at radius 3 is 2.54 bits per heavy atom. The Morgan fingerprint density at radius 1 is 1.19 bits per heavy atom. The van der Waals surface area contributed by atoms with E-state index in [0.717, 1.165) is 23.4 Å². The monoisotopic (exact) mass is 375 g/mol. The number of aliphatic hydroxyl groups excluding tert-OH is 1. The highest BCUT2D eigenvalue weighted by Gasteiger charge is 2.11. The fourth-order valence-corrected chi connectivity index (χ4v) is 2.69. The van der Waals surface area contributed by atoms with Crippen LogP contribution in [0.4, 0.5) is 0 Å². The molecule has 0 spiro atoms. The second kappa shape index (κ2) is 10.0. The van der Waals surface area contributed by atoms with Crippen molar-refractivity contribution in [2.24, 2.45) is 4.99 Å². The molecule has 2 aromatic rings. The topological polar surface area (TPSA) is 65.9 Å². The number of methoxy groups -OCH3 is 1. The number of benzene rings is 2. The molecule has 2 unspecified atom stereocenters. The molecule has 0 radical (unpaired) electrons. The Balaban J connectivity index is 2.02. The predicted molar refractivity (Wildman–Crippen MR) is 107 cm³/mol. The van der Waals surface area contributed by atoms with Gasteiger partial charge in [-0.25, -0.2) is 0 Å². The van der Waals surface area contributed by atoms with Crippen molar-refractivity contribution in [3.63, 3.8) is 0 Å². The number of aliphatic hydroxyl groups is 1. The molecule has 0 aromatic heterocycles. The minimum absolute atomic E-state index is 0.0321. The van der Waals surface area contributed by atoms with Crippen molar-refractivity contribution in [3.8, 4) is 5.75 Å². The normalized spacial score (nSPS) is 13.8. The molecular weight excluding hydrogens is 350 g/mol. The van der Waals surface area contributed by atoms with Gasteiger partial charge in [0.2, 0.25) is 0 Å². The smallest absolute Gasteiger partial charge is 0.191 e. The van der Waals surface area contributed by atoms with E-state index in [1.807, 2.05) is 62.4 Å². The molecule has 0 fully saturated rings. The number of guanidine groups is 1. The van der Waals surface area contributed by atoms with E-state index in [-0.39, 0.29) is 12.6 Å². The van der Waals surface area contributed by atoms with Crippen LogP contribution in [0.25, 0.3) is 0 Å². The maximum Gasteiger partial charge on any atom is 0.191 e. The maximum atomic E-state index is 10.4. The second-order valence-electron chi connectivity index (χ2n) is 5.93. The molecule has 0 saturated carbocycles. The van der Waals surface area contributed by atoms with Crippen LogP contribution < -0.4 is 15.4 Å². The number of hydrogen-bond donors (Lipinski definition) is 3. The fraction of sp³-hybridized carbons (Fsp3) is 0.350. The number of nitrogens with one attached hydrogen (secondary N) is 2. The molecule has 0 saturated heterocycles. The lowest BCUT2D eigenvalue weighted by molar-refractivity contribution is 0.187. The molecule has 3 N–H and O–H groups in total. The van der Waals surface area contributed by atoms with Gasteiger partial charge in [-0.05, 0) is 49.2 Å². The maximum absolute atomic E-state index is 10.4. The lowest BCUT2D eigenvalue weighted by atomic mass is 10.1. The summed E-state index contributed by atoms with van der Waals surface area (Å²) in [5, 5.41) is 17.6. The van der Waals surface area contributed by atoms with Crippen LogP contribution in [-0.4, -0.2) is 31.3 Å². The van der Waals surface area contributed by atoms with Gasteiger partial charge in [-0.2, -0.15) is 0 Å². The average Bonchev–Trinajstić information content (AvgIpc) is 2.66. The van der Waals surface area contributed by atoms with Crippen molar-refractivity contribution in [1.29, 1.82) is 0 Å². The Morgan fingerprint density at radius 2 is 1.92 bits per heavy atom. The third-order valence-electron chi connectivity index (χ3n) is 3.97. The van der Waals surface area contributed by atoms with Crippen molar-refractivity contribution in [2.75, 3.05) is 20.2 Å². The second-order valence-corrected chi connectivity index (χ2v) is 6.37. The Bertz CT molecular complexity index is 719. The molecule has 2 atom stereocenters. The highest BCUT2D eigenvalue weighted by molar-refractivity contribution is 6.30. The summed E-state index contributed by atoms with van der Waals surface area (Å²) in [5.41, 5.74) is 1.87. The number of rotatable bonds is 7. The summed E-state index contributed by atoms with van der Waals surface area (Å²) >= 11 is 6.06. The zero-order chi connectivity index (χ0) is 18.9. The van der Waals surface area contributed by atoms with Gasteiger partial charge in [-0.1, -0.05) is 35.9 Å². The largest absolute Gasteiger partial charge is 0.497 e. The summed E-state index contributed by atoms with van der Waals surface area (Å²) < 4.78 is 5.13. The number of aliphatic imine (C=N–C) groups is 1. The van der Waals surface area contributed by atoms with E-state index in [1.165, 1.54) is 0 Å². The van der Waals surface area contributed by atoms with Crippen LogP contribution in [0.15, 0.2) is 53.5 Å². The van der Waals surface area contributed by atoms with E-state index in [4.69, 9.17) is 16.3 Å². The van der Waals surface area contributed by atoms with Crippen LogP contribution in [0.3, 0.4) is 0 Å². The Hall–Kier alpha value is -2.24. The summed E-state index contributed by atoms with van der Waals surface area (Å²) in [4.78, 5) is 4.50. The van der Waals surface area contributed by atoms with E-state index in [1.54, 1.807) is 7.11 Å². The van der Waals surface area contributed by atoms with Gasteiger partial charge in [0.05, 0.1) is 25.8 Å². The van der Waals surface area contributed by atoms with E-state index < -0.39 is 6.10 Å². The van der Waals surface area contributed by atoms with Crippen LogP contribution in [-0.2, 0) is 0 Å². The average molecular weight is 376 g/mol. The van der Waals surface area contributed by atoms with Gasteiger partial charge in [-0.3, -0.25) is 4.99 Å². The minimum atomic E-state index is -0.683. The van der Waals surface area contributed by atoms with Gasteiger partial charge in [-0.15, -0.1) is 0 Å². The number of ether oxygens (including phenoxy) is 1. The molecule has 0 amide bonds. The van der Waals surface area contributed by atoms with Crippen molar-refractivity contribution >= 4 is 17.6 Å². The summed E-state index contributed by atoms with van der Waals surface area (Å²) in [6.07, 6.45) is -0.683. The van der Waals surface area contributed by atoms with Gasteiger partial charge in [0.1, 0.15) is 5.75 Å². The van der Waals surface area contributed by atoms with E-state index in [2.05, 4.69) is 15.6 Å². The van der Waals surface area contributed by atoms with Crippen molar-refractivity contribution in [3.05, 3.63) is 64.7 Å². The molecule has 0 heterocycles. The first kappa shape index (κ1) is 20.1. The molecule has 0 aliphatic rings. The molecular formula is C20H26ClN3O2. The van der Waals surface area contributed by atoms with Crippen LogP contribution in [0.2, 0.25) is 5.02 Å². The highest BCUT2D eigenvalue weighted by atomic mass is 35.5. The molecule has 140 valence electrons. The molecule has 6 heteroatoms. The van der Waals surface area contributed by atoms with E-state index in [9.17, 15) is 5.11 Å². The zero-order valence-corrected chi connectivity index (χ0v) is 16.1. The van der Waals surface area contributed by atoms with E-state index >= 15 is 0 Å². The van der Waals surface area contributed by atoms with Crippen LogP contribution in [0.5, 0.6) is 5.75 Å². The first-order chi connectivity index (χ1) is 12.5. The molecule has 0 bridgehead atoms.